The van der Waals surface area contributed by atoms with E-state index in [9.17, 15) is 27.6 Å². The van der Waals surface area contributed by atoms with Gasteiger partial charge in [-0.05, 0) is 42.8 Å². The third-order valence-corrected chi connectivity index (χ3v) is 4.95. The summed E-state index contributed by atoms with van der Waals surface area (Å²) in [4.78, 5) is 38.1. The fourth-order valence-electron chi connectivity index (χ4n) is 2.95. The molecule has 0 radical (unpaired) electrons. The van der Waals surface area contributed by atoms with Crippen LogP contribution in [0.4, 0.5) is 23.7 Å². The van der Waals surface area contributed by atoms with Crippen LogP contribution in [-0.4, -0.2) is 29.3 Å². The zero-order valence-corrected chi connectivity index (χ0v) is 16.6. The van der Waals surface area contributed by atoms with Crippen molar-refractivity contribution < 1.29 is 27.6 Å². The number of nitrogens with one attached hydrogen (secondary N) is 2. The van der Waals surface area contributed by atoms with Crippen molar-refractivity contribution in [2.24, 2.45) is 0 Å². The van der Waals surface area contributed by atoms with Gasteiger partial charge in [0.25, 0.3) is 5.91 Å². The van der Waals surface area contributed by atoms with Crippen molar-refractivity contribution in [1.82, 2.24) is 10.2 Å². The number of hydrogen-bond acceptors (Lipinski definition) is 3. The molecule has 10 heteroatoms. The van der Waals surface area contributed by atoms with E-state index >= 15 is 0 Å². The van der Waals surface area contributed by atoms with Gasteiger partial charge in [-0.3, -0.25) is 14.5 Å². The summed E-state index contributed by atoms with van der Waals surface area (Å²) < 4.78 is 39.1. The Morgan fingerprint density at radius 1 is 1.17 bits per heavy atom. The van der Waals surface area contributed by atoms with E-state index in [1.807, 2.05) is 0 Å². The van der Waals surface area contributed by atoms with Crippen molar-refractivity contribution in [2.75, 3.05) is 11.9 Å². The number of rotatable bonds is 4. The van der Waals surface area contributed by atoms with Gasteiger partial charge in [0.05, 0.1) is 5.56 Å². The minimum absolute atomic E-state index is 0.0911. The fraction of sp³-hybridized carbons (Fsp3) is 0.211. The van der Waals surface area contributed by atoms with Gasteiger partial charge in [-0.2, -0.15) is 13.2 Å². The van der Waals surface area contributed by atoms with Crippen LogP contribution in [0.1, 0.15) is 18.1 Å². The second-order valence-electron chi connectivity index (χ2n) is 6.58. The maximum Gasteiger partial charge on any atom is 0.416 e. The number of imide groups is 1. The molecule has 1 fully saturated rings. The molecule has 2 aromatic carbocycles. The Hall–Kier alpha value is -2.88. The monoisotopic (exact) mass is 469 g/mol. The molecule has 6 nitrogen and oxygen atoms in total. The van der Waals surface area contributed by atoms with Crippen LogP contribution in [-0.2, 0) is 21.3 Å². The molecule has 4 amide bonds. The second kappa shape index (κ2) is 7.51. The fourth-order valence-corrected chi connectivity index (χ4v) is 3.35. The molecule has 0 bridgehead atoms. The Morgan fingerprint density at radius 3 is 2.52 bits per heavy atom. The molecule has 1 unspecified atom stereocenters. The summed E-state index contributed by atoms with van der Waals surface area (Å²) >= 11 is 3.30. The smallest absolute Gasteiger partial charge is 0.325 e. The molecule has 152 valence electrons. The number of benzene rings is 2. The summed E-state index contributed by atoms with van der Waals surface area (Å²) in [5.41, 5.74) is -1.86. The van der Waals surface area contributed by atoms with Crippen LogP contribution >= 0.6 is 15.9 Å². The lowest BCUT2D eigenvalue weighted by atomic mass is 9.92. The largest absolute Gasteiger partial charge is 0.416 e. The minimum Gasteiger partial charge on any atom is -0.325 e. The Labute approximate surface area is 172 Å². The average Bonchev–Trinajstić information content (AvgIpc) is 2.85. The Balaban J connectivity index is 1.74. The number of carbonyl (C=O) groups excluding carboxylic acids is 3. The normalized spacial score (nSPS) is 19.3. The molecule has 1 saturated heterocycles. The van der Waals surface area contributed by atoms with Gasteiger partial charge < -0.3 is 10.6 Å². The van der Waals surface area contributed by atoms with E-state index in [4.69, 9.17) is 0 Å². The van der Waals surface area contributed by atoms with Crippen LogP contribution in [0.5, 0.6) is 0 Å². The van der Waals surface area contributed by atoms with Gasteiger partial charge in [-0.15, -0.1) is 0 Å². The first kappa shape index (κ1) is 20.8. The quantitative estimate of drug-likeness (QED) is 0.667. The Kier molecular flexibility index (Phi) is 5.40. The molecule has 1 aliphatic heterocycles. The molecule has 2 aromatic rings. The first-order valence-corrected chi connectivity index (χ1v) is 9.17. The molecular weight excluding hydrogens is 455 g/mol. The van der Waals surface area contributed by atoms with Crippen molar-refractivity contribution >= 4 is 39.5 Å². The highest BCUT2D eigenvalue weighted by atomic mass is 79.9. The van der Waals surface area contributed by atoms with E-state index in [2.05, 4.69) is 26.6 Å². The molecule has 1 aliphatic rings. The highest BCUT2D eigenvalue weighted by Gasteiger charge is 2.49. The lowest BCUT2D eigenvalue weighted by Gasteiger charge is -2.22. The van der Waals surface area contributed by atoms with E-state index < -0.39 is 41.7 Å². The lowest BCUT2D eigenvalue weighted by Crippen LogP contribution is -2.42. The van der Waals surface area contributed by atoms with Crippen molar-refractivity contribution in [3.63, 3.8) is 0 Å². The minimum atomic E-state index is -4.56. The van der Waals surface area contributed by atoms with Crippen molar-refractivity contribution in [1.29, 1.82) is 0 Å². The molecule has 0 aromatic heterocycles. The van der Waals surface area contributed by atoms with Crippen molar-refractivity contribution in [3.05, 3.63) is 64.1 Å². The summed E-state index contributed by atoms with van der Waals surface area (Å²) in [6.45, 7) is 0.879. The topological polar surface area (TPSA) is 78.5 Å². The van der Waals surface area contributed by atoms with E-state index in [-0.39, 0.29) is 5.69 Å². The summed E-state index contributed by atoms with van der Waals surface area (Å²) in [6.07, 6.45) is -4.56. The van der Waals surface area contributed by atoms with Crippen LogP contribution in [0.3, 0.4) is 0 Å². The highest BCUT2D eigenvalue weighted by Crippen LogP contribution is 2.32. The number of halogens is 4. The highest BCUT2D eigenvalue weighted by molar-refractivity contribution is 9.10. The number of alkyl halides is 3. The zero-order valence-electron chi connectivity index (χ0n) is 15.0. The molecule has 29 heavy (non-hydrogen) atoms. The Bertz CT molecular complexity index is 996. The van der Waals surface area contributed by atoms with E-state index in [1.54, 1.807) is 24.3 Å². The van der Waals surface area contributed by atoms with Gasteiger partial charge in [-0.25, -0.2) is 4.79 Å². The van der Waals surface area contributed by atoms with Crippen molar-refractivity contribution in [3.8, 4) is 0 Å². The standard InChI is InChI=1S/C19H15BrF3N3O3/c1-18(11-4-2-6-13(20)8-11)16(28)26(17(29)25-18)10-15(27)24-14-7-3-5-12(9-14)19(21,22)23/h2-9H,10H2,1H3,(H,24,27)(H,25,29). The number of nitrogens with zero attached hydrogens (tertiary/aromatic N) is 1. The van der Waals surface area contributed by atoms with Gasteiger partial charge in [0.2, 0.25) is 5.91 Å². The van der Waals surface area contributed by atoms with Crippen LogP contribution < -0.4 is 10.6 Å². The third kappa shape index (κ3) is 4.26. The number of anilines is 1. The van der Waals surface area contributed by atoms with E-state index in [1.165, 1.54) is 13.0 Å². The van der Waals surface area contributed by atoms with Crippen LogP contribution in [0.2, 0.25) is 0 Å². The van der Waals surface area contributed by atoms with Crippen molar-refractivity contribution in [2.45, 2.75) is 18.6 Å². The van der Waals surface area contributed by atoms with Gasteiger partial charge >= 0.3 is 12.2 Å². The molecule has 1 heterocycles. The first-order chi connectivity index (χ1) is 13.5. The second-order valence-corrected chi connectivity index (χ2v) is 7.50. The zero-order chi connectivity index (χ0) is 21.4. The first-order valence-electron chi connectivity index (χ1n) is 8.38. The number of amides is 4. The lowest BCUT2D eigenvalue weighted by molar-refractivity contribution is -0.137. The molecule has 2 N–H and O–H groups in total. The van der Waals surface area contributed by atoms with Gasteiger partial charge in [0, 0.05) is 10.2 Å². The maximum atomic E-state index is 12.8. The van der Waals surface area contributed by atoms with Gasteiger partial charge in [0.1, 0.15) is 12.1 Å². The summed E-state index contributed by atoms with van der Waals surface area (Å²) in [5.74, 6) is -1.44. The predicted octanol–water partition coefficient (Wildman–Crippen LogP) is 3.87. The molecule has 0 spiro atoms. The van der Waals surface area contributed by atoms with Gasteiger partial charge in [0.15, 0.2) is 0 Å². The molecule has 0 aliphatic carbocycles. The summed E-state index contributed by atoms with van der Waals surface area (Å²) in [5, 5.41) is 4.84. The molecule has 3 rings (SSSR count). The number of carbonyl (C=O) groups is 3. The van der Waals surface area contributed by atoms with Crippen LogP contribution in [0.15, 0.2) is 53.0 Å². The number of urea groups is 1. The maximum absolute atomic E-state index is 12.8. The molecular formula is C19H15BrF3N3O3. The Morgan fingerprint density at radius 2 is 1.86 bits per heavy atom. The summed E-state index contributed by atoms with van der Waals surface area (Å²) in [6, 6.07) is 10.1. The number of hydrogen-bond donors (Lipinski definition) is 2. The van der Waals surface area contributed by atoms with E-state index in [0.29, 0.717) is 10.0 Å². The van der Waals surface area contributed by atoms with Crippen LogP contribution in [0, 0.1) is 0 Å². The van der Waals surface area contributed by atoms with Crippen LogP contribution in [0.25, 0.3) is 0 Å². The average molecular weight is 470 g/mol. The van der Waals surface area contributed by atoms with E-state index in [0.717, 1.165) is 23.1 Å². The molecule has 0 saturated carbocycles. The van der Waals surface area contributed by atoms with Gasteiger partial charge in [-0.1, -0.05) is 34.1 Å². The molecule has 1 atom stereocenters. The predicted molar refractivity (Wildman–Crippen MR) is 102 cm³/mol. The third-order valence-electron chi connectivity index (χ3n) is 4.45. The SMILES string of the molecule is CC1(c2cccc(Br)c2)NC(=O)N(CC(=O)Nc2cccc(C(F)(F)F)c2)C1=O. The summed E-state index contributed by atoms with van der Waals surface area (Å²) in [7, 11) is 0.